The zero-order chi connectivity index (χ0) is 21.3. The number of hydrogen-bond donors (Lipinski definition) is 1. The van der Waals surface area contributed by atoms with Gasteiger partial charge in [-0.25, -0.2) is 10.2 Å². The van der Waals surface area contributed by atoms with Crippen molar-refractivity contribution in [3.05, 3.63) is 65.9 Å². The lowest BCUT2D eigenvalue weighted by molar-refractivity contribution is 0.152. The Morgan fingerprint density at radius 2 is 1.93 bits per heavy atom. The largest absolute Gasteiger partial charge is 0.491 e. The predicted molar refractivity (Wildman–Crippen MR) is 120 cm³/mol. The molecule has 0 aliphatic carbocycles. The summed E-state index contributed by atoms with van der Waals surface area (Å²) in [6, 6.07) is 16.3. The first-order valence-corrected chi connectivity index (χ1v) is 10.4. The van der Waals surface area contributed by atoms with Gasteiger partial charge in [0.15, 0.2) is 0 Å². The van der Waals surface area contributed by atoms with E-state index in [4.69, 9.17) is 9.47 Å². The maximum atomic E-state index is 11.4. The number of fused-ring (bicyclic) bond motifs is 1. The van der Waals surface area contributed by atoms with Crippen LogP contribution in [0.15, 0.2) is 59.8 Å². The second-order valence-electron chi connectivity index (χ2n) is 7.08. The Kier molecular flexibility index (Phi) is 7.49. The highest BCUT2D eigenvalue weighted by molar-refractivity contribution is 5.99. The van der Waals surface area contributed by atoms with E-state index in [1.54, 1.807) is 13.1 Å². The molecule has 1 N–H and O–H groups in total. The molecule has 1 aromatic heterocycles. The van der Waals surface area contributed by atoms with Gasteiger partial charge in [-0.3, -0.25) is 0 Å². The standard InChI is InChI=1S/C24H29N3O3/c1-4-18(3)20-10-7-9-13-23(20)30-15-14-27-17-19(16-25-26-24(28)29-5-2)21-11-6-8-12-22(21)27/h6-13,16-18H,4-5,14-15H2,1-3H3,(H,26,28)/b25-16+. The molecule has 1 heterocycles. The topological polar surface area (TPSA) is 64.8 Å². The Hall–Kier alpha value is -3.28. The van der Waals surface area contributed by atoms with Gasteiger partial charge in [0.05, 0.1) is 19.4 Å². The van der Waals surface area contributed by atoms with E-state index in [9.17, 15) is 4.79 Å². The van der Waals surface area contributed by atoms with Gasteiger partial charge in [-0.15, -0.1) is 0 Å². The van der Waals surface area contributed by atoms with E-state index in [-0.39, 0.29) is 0 Å². The van der Waals surface area contributed by atoms with Gasteiger partial charge in [-0.2, -0.15) is 5.10 Å². The summed E-state index contributed by atoms with van der Waals surface area (Å²) in [6.07, 6.45) is 4.16. The van der Waals surface area contributed by atoms with Crippen LogP contribution < -0.4 is 10.2 Å². The minimum atomic E-state index is -0.564. The molecule has 0 radical (unpaired) electrons. The average molecular weight is 408 g/mol. The molecule has 158 valence electrons. The molecule has 0 spiro atoms. The number of amides is 1. The molecule has 0 saturated carbocycles. The van der Waals surface area contributed by atoms with Gasteiger partial charge in [0, 0.05) is 22.7 Å². The highest BCUT2D eigenvalue weighted by Crippen LogP contribution is 2.28. The first-order chi connectivity index (χ1) is 14.6. The molecule has 1 atom stereocenters. The fourth-order valence-electron chi connectivity index (χ4n) is 3.37. The van der Waals surface area contributed by atoms with Gasteiger partial charge >= 0.3 is 6.09 Å². The van der Waals surface area contributed by atoms with Crippen molar-refractivity contribution in [2.45, 2.75) is 39.7 Å². The summed E-state index contributed by atoms with van der Waals surface area (Å²) in [4.78, 5) is 11.4. The summed E-state index contributed by atoms with van der Waals surface area (Å²) in [5, 5.41) is 5.06. The molecule has 1 unspecified atom stereocenters. The van der Waals surface area contributed by atoms with Crippen molar-refractivity contribution in [2.24, 2.45) is 5.10 Å². The molecule has 30 heavy (non-hydrogen) atoms. The average Bonchev–Trinajstić information content (AvgIpc) is 3.11. The van der Waals surface area contributed by atoms with E-state index in [0.717, 1.165) is 28.6 Å². The van der Waals surface area contributed by atoms with E-state index in [1.807, 2.05) is 36.5 Å². The normalized spacial score (nSPS) is 12.2. The second kappa shape index (κ2) is 10.5. The quantitative estimate of drug-likeness (QED) is 0.386. The van der Waals surface area contributed by atoms with Gasteiger partial charge in [-0.05, 0) is 37.0 Å². The number of carbonyl (C=O) groups is 1. The third-order valence-corrected chi connectivity index (χ3v) is 5.11. The van der Waals surface area contributed by atoms with E-state index >= 15 is 0 Å². The molecule has 6 nitrogen and oxygen atoms in total. The number of para-hydroxylation sites is 2. The Bertz CT molecular complexity index is 1010. The van der Waals surface area contributed by atoms with Crippen molar-refractivity contribution in [1.29, 1.82) is 0 Å². The lowest BCUT2D eigenvalue weighted by atomic mass is 9.98. The van der Waals surface area contributed by atoms with Crippen molar-refractivity contribution in [2.75, 3.05) is 13.2 Å². The van der Waals surface area contributed by atoms with Crippen LogP contribution in [0.25, 0.3) is 10.9 Å². The number of hydrogen-bond acceptors (Lipinski definition) is 4. The smallest absolute Gasteiger partial charge is 0.427 e. The van der Waals surface area contributed by atoms with Crippen LogP contribution in [0.4, 0.5) is 4.79 Å². The third-order valence-electron chi connectivity index (χ3n) is 5.11. The summed E-state index contributed by atoms with van der Waals surface area (Å²) in [6.45, 7) is 7.73. The van der Waals surface area contributed by atoms with Crippen molar-refractivity contribution in [1.82, 2.24) is 9.99 Å². The number of benzene rings is 2. The van der Waals surface area contributed by atoms with Crippen molar-refractivity contribution < 1.29 is 14.3 Å². The number of rotatable bonds is 9. The fourth-order valence-corrected chi connectivity index (χ4v) is 3.37. The van der Waals surface area contributed by atoms with Crippen LogP contribution in [0.1, 0.15) is 44.2 Å². The molecular formula is C24H29N3O3. The summed E-state index contributed by atoms with van der Waals surface area (Å²) < 4.78 is 13.1. The van der Waals surface area contributed by atoms with Crippen molar-refractivity contribution in [3.8, 4) is 5.75 Å². The molecule has 0 aliphatic heterocycles. The summed E-state index contributed by atoms with van der Waals surface area (Å²) in [5.74, 6) is 1.41. The van der Waals surface area contributed by atoms with E-state index < -0.39 is 6.09 Å². The van der Waals surface area contributed by atoms with E-state index in [1.165, 1.54) is 5.56 Å². The molecule has 1 amide bonds. The lowest BCUT2D eigenvalue weighted by Gasteiger charge is -2.16. The molecule has 0 bridgehead atoms. The first kappa shape index (κ1) is 21.4. The number of carbonyl (C=O) groups excluding carboxylic acids is 1. The molecular weight excluding hydrogens is 378 g/mol. The van der Waals surface area contributed by atoms with Crippen LogP contribution in [0.2, 0.25) is 0 Å². The Morgan fingerprint density at radius 1 is 1.17 bits per heavy atom. The summed E-state index contributed by atoms with van der Waals surface area (Å²) in [5.41, 5.74) is 5.62. The van der Waals surface area contributed by atoms with Gasteiger partial charge < -0.3 is 14.0 Å². The van der Waals surface area contributed by atoms with Crippen LogP contribution in [-0.2, 0) is 11.3 Å². The highest BCUT2D eigenvalue weighted by Gasteiger charge is 2.11. The van der Waals surface area contributed by atoms with Crippen LogP contribution in [0.3, 0.4) is 0 Å². The van der Waals surface area contributed by atoms with Crippen molar-refractivity contribution >= 4 is 23.2 Å². The first-order valence-electron chi connectivity index (χ1n) is 10.4. The minimum Gasteiger partial charge on any atom is -0.491 e. The maximum Gasteiger partial charge on any atom is 0.427 e. The number of nitrogens with one attached hydrogen (secondary N) is 1. The SMILES string of the molecule is CCOC(=O)N/N=C/c1cn(CCOc2ccccc2C(C)CC)c2ccccc12. The van der Waals surface area contributed by atoms with Gasteiger partial charge in [0.1, 0.15) is 12.4 Å². The predicted octanol–water partition coefficient (Wildman–Crippen LogP) is 5.31. The number of ether oxygens (including phenoxy) is 2. The van der Waals surface area contributed by atoms with Gasteiger partial charge in [-0.1, -0.05) is 50.2 Å². The summed E-state index contributed by atoms with van der Waals surface area (Å²) >= 11 is 0. The lowest BCUT2D eigenvalue weighted by Crippen LogP contribution is -2.18. The zero-order valence-corrected chi connectivity index (χ0v) is 17.8. The number of hydrazone groups is 1. The molecule has 0 aliphatic rings. The molecule has 3 aromatic rings. The highest BCUT2D eigenvalue weighted by atomic mass is 16.5. The van der Waals surface area contributed by atoms with Crippen LogP contribution in [0, 0.1) is 0 Å². The number of aromatic nitrogens is 1. The van der Waals surface area contributed by atoms with Gasteiger partial charge in [0.2, 0.25) is 0 Å². The van der Waals surface area contributed by atoms with Crippen LogP contribution in [-0.4, -0.2) is 30.1 Å². The minimum absolute atomic E-state index is 0.306. The Labute approximate surface area is 177 Å². The number of nitrogens with zero attached hydrogens (tertiary/aromatic N) is 2. The molecule has 3 rings (SSSR count). The fraction of sp³-hybridized carbons (Fsp3) is 0.333. The zero-order valence-electron chi connectivity index (χ0n) is 17.8. The second-order valence-corrected chi connectivity index (χ2v) is 7.08. The van der Waals surface area contributed by atoms with Crippen LogP contribution >= 0.6 is 0 Å². The summed E-state index contributed by atoms with van der Waals surface area (Å²) in [7, 11) is 0. The van der Waals surface area contributed by atoms with Crippen molar-refractivity contribution in [3.63, 3.8) is 0 Å². The van der Waals surface area contributed by atoms with E-state index in [2.05, 4.69) is 47.1 Å². The maximum absolute atomic E-state index is 11.4. The molecule has 0 fully saturated rings. The van der Waals surface area contributed by atoms with E-state index in [0.29, 0.717) is 25.7 Å². The van der Waals surface area contributed by atoms with Gasteiger partial charge in [0.25, 0.3) is 0 Å². The third kappa shape index (κ3) is 5.20. The van der Waals surface area contributed by atoms with Crippen LogP contribution in [0.5, 0.6) is 5.75 Å². The monoisotopic (exact) mass is 407 g/mol. The Balaban J connectivity index is 1.71. The Morgan fingerprint density at radius 3 is 2.73 bits per heavy atom. The molecule has 6 heteroatoms. The molecule has 0 saturated heterocycles. The molecule has 2 aromatic carbocycles.